The minimum Gasteiger partial charge on any atom is -0.363 e. The average Bonchev–Trinajstić information content (AvgIpc) is 2.85. The Labute approximate surface area is 155 Å². The number of nitrogens with zero attached hydrogens (tertiary/aromatic N) is 3. The summed E-state index contributed by atoms with van der Waals surface area (Å²) in [5.41, 5.74) is 3.40. The van der Waals surface area contributed by atoms with Crippen molar-refractivity contribution in [3.05, 3.63) is 53.0 Å². The average molecular weight is 353 g/mol. The highest BCUT2D eigenvalue weighted by Crippen LogP contribution is 2.25. The lowest BCUT2D eigenvalue weighted by Crippen LogP contribution is -2.41. The maximum absolute atomic E-state index is 12.2. The number of aromatic nitrogens is 2. The van der Waals surface area contributed by atoms with E-state index in [1.54, 1.807) is 0 Å². The third-order valence-corrected chi connectivity index (χ3v) is 4.72. The van der Waals surface area contributed by atoms with Gasteiger partial charge in [0.2, 0.25) is 0 Å². The number of aryl methyl sites for hydroxylation is 1. The van der Waals surface area contributed by atoms with E-state index < -0.39 is 0 Å². The van der Waals surface area contributed by atoms with Crippen molar-refractivity contribution < 1.29 is 4.79 Å². The van der Waals surface area contributed by atoms with Gasteiger partial charge in [-0.2, -0.15) is 0 Å². The van der Waals surface area contributed by atoms with Crippen LogP contribution in [0, 0.1) is 6.92 Å². The number of rotatable bonds is 4. The SMILES string of the molecule is CCNC(=O)N1CCc2nc(C)nc(N[C@@H](C)c3ccccc3)c2CC1. The summed E-state index contributed by atoms with van der Waals surface area (Å²) in [4.78, 5) is 23.3. The van der Waals surface area contributed by atoms with Crippen LogP contribution in [0.25, 0.3) is 0 Å². The van der Waals surface area contributed by atoms with Crippen LogP contribution in [0.15, 0.2) is 30.3 Å². The molecule has 0 bridgehead atoms. The fourth-order valence-corrected chi connectivity index (χ4v) is 3.34. The first-order valence-corrected chi connectivity index (χ1v) is 9.29. The molecule has 26 heavy (non-hydrogen) atoms. The van der Waals surface area contributed by atoms with Crippen LogP contribution < -0.4 is 10.6 Å². The van der Waals surface area contributed by atoms with E-state index in [1.165, 1.54) is 5.56 Å². The Morgan fingerprint density at radius 2 is 1.92 bits per heavy atom. The monoisotopic (exact) mass is 353 g/mol. The van der Waals surface area contributed by atoms with E-state index in [0.717, 1.165) is 35.7 Å². The van der Waals surface area contributed by atoms with Crippen LogP contribution in [0.3, 0.4) is 0 Å². The molecule has 2 aromatic rings. The number of benzene rings is 1. The summed E-state index contributed by atoms with van der Waals surface area (Å²) in [7, 11) is 0. The Bertz CT molecular complexity index is 762. The Kier molecular flexibility index (Phi) is 5.71. The van der Waals surface area contributed by atoms with Gasteiger partial charge in [-0.05, 0) is 32.8 Å². The predicted molar refractivity (Wildman–Crippen MR) is 103 cm³/mol. The summed E-state index contributed by atoms with van der Waals surface area (Å²) in [6.07, 6.45) is 1.51. The molecular formula is C20H27N5O. The number of amides is 2. The van der Waals surface area contributed by atoms with Crippen molar-refractivity contribution >= 4 is 11.8 Å². The zero-order chi connectivity index (χ0) is 18.5. The highest BCUT2D eigenvalue weighted by molar-refractivity contribution is 5.74. The molecule has 0 aliphatic carbocycles. The van der Waals surface area contributed by atoms with E-state index in [9.17, 15) is 4.79 Å². The molecule has 0 radical (unpaired) electrons. The Morgan fingerprint density at radius 1 is 1.19 bits per heavy atom. The van der Waals surface area contributed by atoms with E-state index >= 15 is 0 Å². The van der Waals surface area contributed by atoms with Crippen LogP contribution in [0.1, 0.15) is 42.5 Å². The maximum atomic E-state index is 12.2. The van der Waals surface area contributed by atoms with Gasteiger partial charge in [-0.25, -0.2) is 14.8 Å². The van der Waals surface area contributed by atoms with Crippen molar-refractivity contribution in [3.63, 3.8) is 0 Å². The van der Waals surface area contributed by atoms with Crippen molar-refractivity contribution in [3.8, 4) is 0 Å². The Hall–Kier alpha value is -2.63. The van der Waals surface area contributed by atoms with Gasteiger partial charge in [-0.3, -0.25) is 0 Å². The molecule has 1 aliphatic rings. The van der Waals surface area contributed by atoms with Gasteiger partial charge in [-0.1, -0.05) is 30.3 Å². The number of hydrogen-bond donors (Lipinski definition) is 2. The second-order valence-electron chi connectivity index (χ2n) is 6.64. The zero-order valence-electron chi connectivity index (χ0n) is 15.7. The molecule has 2 N–H and O–H groups in total. The first-order chi connectivity index (χ1) is 12.6. The van der Waals surface area contributed by atoms with E-state index in [-0.39, 0.29) is 12.1 Å². The molecule has 0 saturated heterocycles. The first-order valence-electron chi connectivity index (χ1n) is 9.29. The van der Waals surface area contributed by atoms with Crippen LogP contribution in [0.2, 0.25) is 0 Å². The fraction of sp³-hybridized carbons (Fsp3) is 0.450. The minimum atomic E-state index is -0.00264. The molecule has 6 nitrogen and oxygen atoms in total. The van der Waals surface area contributed by atoms with Crippen molar-refractivity contribution in [2.45, 2.75) is 39.7 Å². The smallest absolute Gasteiger partial charge is 0.317 e. The second kappa shape index (κ2) is 8.17. The number of anilines is 1. The third-order valence-electron chi connectivity index (χ3n) is 4.72. The number of carbonyl (C=O) groups excluding carboxylic acids is 1. The molecule has 3 rings (SSSR count). The van der Waals surface area contributed by atoms with E-state index in [4.69, 9.17) is 0 Å². The number of fused-ring (bicyclic) bond motifs is 1. The molecule has 138 valence electrons. The summed E-state index contributed by atoms with van der Waals surface area (Å²) in [6, 6.07) is 10.5. The van der Waals surface area contributed by atoms with Gasteiger partial charge in [0.1, 0.15) is 11.6 Å². The molecule has 1 aliphatic heterocycles. The van der Waals surface area contributed by atoms with Crippen molar-refractivity contribution in [2.75, 3.05) is 25.0 Å². The summed E-state index contributed by atoms with van der Waals surface area (Å²) in [5.74, 6) is 1.65. The molecule has 0 saturated carbocycles. The highest BCUT2D eigenvalue weighted by Gasteiger charge is 2.22. The molecule has 0 fully saturated rings. The van der Waals surface area contributed by atoms with Crippen LogP contribution >= 0.6 is 0 Å². The van der Waals surface area contributed by atoms with Gasteiger partial charge in [0.15, 0.2) is 0 Å². The van der Waals surface area contributed by atoms with Crippen molar-refractivity contribution in [2.24, 2.45) is 0 Å². The number of urea groups is 1. The van der Waals surface area contributed by atoms with Crippen LogP contribution in [-0.4, -0.2) is 40.5 Å². The van der Waals surface area contributed by atoms with Crippen LogP contribution in [-0.2, 0) is 12.8 Å². The van der Waals surface area contributed by atoms with Gasteiger partial charge < -0.3 is 15.5 Å². The van der Waals surface area contributed by atoms with E-state index in [0.29, 0.717) is 19.6 Å². The van der Waals surface area contributed by atoms with Crippen molar-refractivity contribution in [1.29, 1.82) is 0 Å². The van der Waals surface area contributed by atoms with Gasteiger partial charge >= 0.3 is 6.03 Å². The van der Waals surface area contributed by atoms with Crippen molar-refractivity contribution in [1.82, 2.24) is 20.2 Å². The molecule has 0 unspecified atom stereocenters. The first kappa shape index (κ1) is 18.2. The van der Waals surface area contributed by atoms with Gasteiger partial charge in [0.05, 0.1) is 5.69 Å². The standard InChI is InChI=1S/C20H27N5O/c1-4-21-20(26)25-12-10-17-18(11-13-25)23-15(3)24-19(17)22-14(2)16-8-6-5-7-9-16/h5-9,14H,4,10-13H2,1-3H3,(H,21,26)(H,22,23,24)/t14-/m0/s1. The number of carbonyl (C=O) groups is 1. The normalized spacial score (nSPS) is 15.0. The van der Waals surface area contributed by atoms with Crippen LogP contribution in [0.5, 0.6) is 0 Å². The molecule has 1 atom stereocenters. The Morgan fingerprint density at radius 3 is 2.65 bits per heavy atom. The minimum absolute atomic E-state index is 0.00264. The largest absolute Gasteiger partial charge is 0.363 e. The van der Waals surface area contributed by atoms with E-state index in [1.807, 2.05) is 36.9 Å². The lowest BCUT2D eigenvalue weighted by molar-refractivity contribution is 0.201. The number of nitrogens with one attached hydrogen (secondary N) is 2. The summed E-state index contributed by atoms with van der Waals surface area (Å²) in [6.45, 7) is 8.00. The quantitative estimate of drug-likeness (QED) is 0.886. The molecule has 1 aromatic heterocycles. The lowest BCUT2D eigenvalue weighted by atomic mass is 10.1. The van der Waals surface area contributed by atoms with Gasteiger partial charge in [0.25, 0.3) is 0 Å². The summed E-state index contributed by atoms with van der Waals surface area (Å²) < 4.78 is 0. The molecule has 1 aromatic carbocycles. The molecule has 2 heterocycles. The maximum Gasteiger partial charge on any atom is 0.317 e. The van der Waals surface area contributed by atoms with Crippen LogP contribution in [0.4, 0.5) is 10.6 Å². The number of hydrogen-bond acceptors (Lipinski definition) is 4. The van der Waals surface area contributed by atoms with Gasteiger partial charge in [0, 0.05) is 37.7 Å². The zero-order valence-corrected chi connectivity index (χ0v) is 15.7. The topological polar surface area (TPSA) is 70.2 Å². The molecule has 0 spiro atoms. The summed E-state index contributed by atoms with van der Waals surface area (Å²) >= 11 is 0. The Balaban J connectivity index is 1.81. The predicted octanol–water partition coefficient (Wildman–Crippen LogP) is 3.09. The third kappa shape index (κ3) is 4.12. The van der Waals surface area contributed by atoms with Gasteiger partial charge in [-0.15, -0.1) is 0 Å². The molecule has 6 heteroatoms. The summed E-state index contributed by atoms with van der Waals surface area (Å²) in [5, 5.41) is 6.44. The second-order valence-corrected chi connectivity index (χ2v) is 6.64. The molecular weight excluding hydrogens is 326 g/mol. The van der Waals surface area contributed by atoms with E-state index in [2.05, 4.69) is 39.7 Å². The molecule has 2 amide bonds. The fourth-order valence-electron chi connectivity index (χ4n) is 3.34. The highest BCUT2D eigenvalue weighted by atomic mass is 16.2. The lowest BCUT2D eigenvalue weighted by Gasteiger charge is -2.20.